The molecule has 7 heteroatoms. The molecule has 1 aliphatic rings. The van der Waals surface area contributed by atoms with Crippen molar-refractivity contribution in [3.8, 4) is 0 Å². The number of ether oxygens (including phenoxy) is 1. The Morgan fingerprint density at radius 2 is 2.36 bits per heavy atom. The van der Waals surface area contributed by atoms with E-state index in [2.05, 4.69) is 4.98 Å². The number of halogens is 1. The minimum absolute atomic E-state index is 0.000665. The molecule has 1 aliphatic heterocycles. The lowest BCUT2D eigenvalue weighted by Gasteiger charge is -2.31. The minimum Gasteiger partial charge on any atom is -0.466 e. The highest BCUT2D eigenvalue weighted by molar-refractivity contribution is 8.00. The first kappa shape index (κ1) is 17.1. The zero-order valence-electron chi connectivity index (χ0n) is 12.5. The van der Waals surface area contributed by atoms with Crippen molar-refractivity contribution in [1.29, 1.82) is 0 Å². The van der Waals surface area contributed by atoms with Gasteiger partial charge in [0.05, 0.1) is 23.3 Å². The molecule has 0 saturated carbocycles. The summed E-state index contributed by atoms with van der Waals surface area (Å²) in [6.07, 6.45) is 3.25. The fourth-order valence-corrected chi connectivity index (χ4v) is 3.42. The number of rotatable bonds is 5. The summed E-state index contributed by atoms with van der Waals surface area (Å²) >= 11 is 7.34. The fraction of sp³-hybridized carbons (Fsp3) is 0.533. The molecule has 2 rings (SSSR count). The van der Waals surface area contributed by atoms with E-state index in [0.29, 0.717) is 29.7 Å². The Balaban J connectivity index is 1.87. The van der Waals surface area contributed by atoms with Crippen molar-refractivity contribution < 1.29 is 14.3 Å². The molecule has 1 saturated heterocycles. The predicted molar refractivity (Wildman–Crippen MR) is 85.9 cm³/mol. The number of carbonyl (C=O) groups excluding carboxylic acids is 2. The second kappa shape index (κ2) is 8.39. The SMILES string of the molecule is CCOC(=O)C1CCCN(C(=O)CSc2ncccc2Cl)C1. The molecule has 0 bridgehead atoms. The van der Waals surface area contributed by atoms with Crippen LogP contribution in [-0.4, -0.2) is 47.2 Å². The van der Waals surface area contributed by atoms with Gasteiger partial charge in [-0.2, -0.15) is 0 Å². The van der Waals surface area contributed by atoms with Crippen LogP contribution < -0.4 is 0 Å². The first-order valence-corrected chi connectivity index (χ1v) is 8.66. The maximum Gasteiger partial charge on any atom is 0.310 e. The van der Waals surface area contributed by atoms with Gasteiger partial charge < -0.3 is 9.64 Å². The summed E-state index contributed by atoms with van der Waals surface area (Å²) in [5.41, 5.74) is 0. The molecule has 22 heavy (non-hydrogen) atoms. The van der Waals surface area contributed by atoms with E-state index in [4.69, 9.17) is 16.3 Å². The number of hydrogen-bond donors (Lipinski definition) is 0. The van der Waals surface area contributed by atoms with E-state index in [9.17, 15) is 9.59 Å². The van der Waals surface area contributed by atoms with Gasteiger partial charge in [0, 0.05) is 19.3 Å². The van der Waals surface area contributed by atoms with Gasteiger partial charge in [0.1, 0.15) is 5.03 Å². The Morgan fingerprint density at radius 3 is 3.09 bits per heavy atom. The topological polar surface area (TPSA) is 59.5 Å². The van der Waals surface area contributed by atoms with Gasteiger partial charge in [0.2, 0.25) is 5.91 Å². The maximum atomic E-state index is 12.3. The summed E-state index contributed by atoms with van der Waals surface area (Å²) in [5, 5.41) is 1.19. The van der Waals surface area contributed by atoms with Crippen LogP contribution in [0.5, 0.6) is 0 Å². The molecule has 0 aliphatic carbocycles. The fourth-order valence-electron chi connectivity index (χ4n) is 2.35. The second-order valence-corrected chi connectivity index (χ2v) is 6.38. The molecule has 1 aromatic heterocycles. The summed E-state index contributed by atoms with van der Waals surface area (Å²) in [6.45, 7) is 3.29. The van der Waals surface area contributed by atoms with Gasteiger partial charge in [-0.05, 0) is 31.9 Å². The van der Waals surface area contributed by atoms with Crippen LogP contribution in [0.4, 0.5) is 0 Å². The molecular formula is C15H19ClN2O3S. The summed E-state index contributed by atoms with van der Waals surface area (Å²) < 4.78 is 5.04. The summed E-state index contributed by atoms with van der Waals surface area (Å²) in [6, 6.07) is 3.50. The van der Waals surface area contributed by atoms with Crippen molar-refractivity contribution in [3.05, 3.63) is 23.4 Å². The highest BCUT2D eigenvalue weighted by atomic mass is 35.5. The van der Waals surface area contributed by atoms with Crippen molar-refractivity contribution in [2.75, 3.05) is 25.4 Å². The van der Waals surface area contributed by atoms with E-state index in [0.717, 1.165) is 12.8 Å². The Hall–Kier alpha value is -1.27. The third-order valence-corrected chi connectivity index (χ3v) is 4.86. The van der Waals surface area contributed by atoms with Crippen molar-refractivity contribution in [3.63, 3.8) is 0 Å². The average Bonchev–Trinajstić information content (AvgIpc) is 2.54. The first-order valence-electron chi connectivity index (χ1n) is 7.29. The average molecular weight is 343 g/mol. The lowest BCUT2D eigenvalue weighted by Crippen LogP contribution is -2.43. The number of likely N-dealkylation sites (tertiary alicyclic amines) is 1. The maximum absolute atomic E-state index is 12.3. The molecule has 1 fully saturated rings. The van der Waals surface area contributed by atoms with Crippen LogP contribution in [0.15, 0.2) is 23.4 Å². The van der Waals surface area contributed by atoms with Gasteiger partial charge in [-0.3, -0.25) is 9.59 Å². The Bertz CT molecular complexity index is 541. The Labute approximate surface area is 139 Å². The van der Waals surface area contributed by atoms with E-state index >= 15 is 0 Å². The lowest BCUT2D eigenvalue weighted by atomic mass is 9.98. The van der Waals surface area contributed by atoms with Gasteiger partial charge >= 0.3 is 5.97 Å². The normalized spacial score (nSPS) is 18.1. The van der Waals surface area contributed by atoms with Gasteiger partial charge in [0.25, 0.3) is 0 Å². The molecule has 120 valence electrons. The number of amides is 1. The third kappa shape index (κ3) is 4.61. The monoisotopic (exact) mass is 342 g/mol. The lowest BCUT2D eigenvalue weighted by molar-refractivity contribution is -0.151. The van der Waals surface area contributed by atoms with Gasteiger partial charge in [-0.25, -0.2) is 4.98 Å². The quantitative estimate of drug-likeness (QED) is 0.608. The Kier molecular flexibility index (Phi) is 6.51. The van der Waals surface area contributed by atoms with E-state index < -0.39 is 0 Å². The number of aromatic nitrogens is 1. The molecule has 5 nitrogen and oxygen atoms in total. The number of thioether (sulfide) groups is 1. The van der Waals surface area contributed by atoms with Crippen LogP contribution in [0.25, 0.3) is 0 Å². The molecule has 1 unspecified atom stereocenters. The molecule has 1 atom stereocenters. The van der Waals surface area contributed by atoms with Crippen molar-refractivity contribution in [2.24, 2.45) is 5.92 Å². The highest BCUT2D eigenvalue weighted by Gasteiger charge is 2.29. The third-order valence-electron chi connectivity index (χ3n) is 3.45. The van der Waals surface area contributed by atoms with E-state index in [-0.39, 0.29) is 23.5 Å². The summed E-state index contributed by atoms with van der Waals surface area (Å²) in [4.78, 5) is 30.0. The van der Waals surface area contributed by atoms with Crippen molar-refractivity contribution in [1.82, 2.24) is 9.88 Å². The second-order valence-electron chi connectivity index (χ2n) is 5.01. The van der Waals surface area contributed by atoms with Gasteiger partial charge in [-0.1, -0.05) is 23.4 Å². The van der Waals surface area contributed by atoms with Gasteiger partial charge in [0.15, 0.2) is 0 Å². The predicted octanol–water partition coefficient (Wildman–Crippen LogP) is 2.63. The largest absolute Gasteiger partial charge is 0.466 e. The van der Waals surface area contributed by atoms with E-state index in [1.165, 1.54) is 11.8 Å². The van der Waals surface area contributed by atoms with Crippen LogP contribution >= 0.6 is 23.4 Å². The number of piperidine rings is 1. The van der Waals surface area contributed by atoms with Crippen molar-refractivity contribution in [2.45, 2.75) is 24.8 Å². The number of esters is 1. The minimum atomic E-state index is -0.208. The molecule has 0 aromatic carbocycles. The first-order chi connectivity index (χ1) is 10.6. The molecule has 1 amide bonds. The number of carbonyl (C=O) groups is 2. The van der Waals surface area contributed by atoms with E-state index in [1.54, 1.807) is 30.2 Å². The van der Waals surface area contributed by atoms with Gasteiger partial charge in [-0.15, -0.1) is 0 Å². The number of hydrogen-bond acceptors (Lipinski definition) is 5. The molecule has 0 spiro atoms. The zero-order valence-corrected chi connectivity index (χ0v) is 14.0. The summed E-state index contributed by atoms with van der Waals surface area (Å²) in [7, 11) is 0. The van der Waals surface area contributed by atoms with Crippen molar-refractivity contribution >= 4 is 35.2 Å². The number of pyridine rings is 1. The zero-order chi connectivity index (χ0) is 15.9. The van der Waals surface area contributed by atoms with Crippen LogP contribution in [0.1, 0.15) is 19.8 Å². The Morgan fingerprint density at radius 1 is 1.55 bits per heavy atom. The highest BCUT2D eigenvalue weighted by Crippen LogP contribution is 2.25. The molecule has 0 radical (unpaired) electrons. The van der Waals surface area contributed by atoms with Crippen LogP contribution in [-0.2, 0) is 14.3 Å². The molecule has 2 heterocycles. The standard InChI is InChI=1S/C15H19ClN2O3S/c1-2-21-15(20)11-5-4-8-18(9-11)13(19)10-22-14-12(16)6-3-7-17-14/h3,6-7,11H,2,4-5,8-10H2,1H3. The summed E-state index contributed by atoms with van der Waals surface area (Å²) in [5.74, 6) is -0.144. The van der Waals surface area contributed by atoms with Crippen LogP contribution in [0, 0.1) is 5.92 Å². The van der Waals surface area contributed by atoms with E-state index in [1.807, 2.05) is 0 Å². The van der Waals surface area contributed by atoms with Crippen LogP contribution in [0.2, 0.25) is 5.02 Å². The smallest absolute Gasteiger partial charge is 0.310 e. The molecular weight excluding hydrogens is 324 g/mol. The molecule has 0 N–H and O–H groups in total. The molecule has 1 aromatic rings. The van der Waals surface area contributed by atoms with Crippen LogP contribution in [0.3, 0.4) is 0 Å². The number of nitrogens with zero attached hydrogens (tertiary/aromatic N) is 2.